The van der Waals surface area contributed by atoms with Crippen molar-refractivity contribution in [3.63, 3.8) is 0 Å². The quantitative estimate of drug-likeness (QED) is 0.841. The number of hydrogen-bond acceptors (Lipinski definition) is 3. The lowest BCUT2D eigenvalue weighted by atomic mass is 10.0. The highest BCUT2D eigenvalue weighted by Gasteiger charge is 2.17. The maximum absolute atomic E-state index is 12.3. The summed E-state index contributed by atoms with van der Waals surface area (Å²) in [4.78, 5) is 0.282. The topological polar surface area (TPSA) is 57.6 Å². The number of hydrogen-bond donors (Lipinski definition) is 1. The summed E-state index contributed by atoms with van der Waals surface area (Å²) >= 11 is 0. The van der Waals surface area contributed by atoms with Gasteiger partial charge in [0.2, 0.25) is 0 Å². The molecule has 0 radical (unpaired) electrons. The average Bonchev–Trinajstić information content (AvgIpc) is 2.43. The number of nitrogens with zero attached hydrogens (tertiary/aromatic N) is 1. The zero-order valence-corrected chi connectivity index (χ0v) is 13.1. The number of aliphatic hydroxyl groups excluding tert-OH is 1. The van der Waals surface area contributed by atoms with Gasteiger partial charge in [0.25, 0.3) is 10.0 Å². The predicted molar refractivity (Wildman–Crippen MR) is 80.8 cm³/mol. The molecule has 1 aromatic rings. The highest BCUT2D eigenvalue weighted by atomic mass is 32.2. The van der Waals surface area contributed by atoms with Crippen LogP contribution in [0.5, 0.6) is 0 Å². The molecule has 1 rings (SSSR count). The van der Waals surface area contributed by atoms with Gasteiger partial charge in [-0.05, 0) is 31.4 Å². The van der Waals surface area contributed by atoms with Crippen molar-refractivity contribution < 1.29 is 13.5 Å². The van der Waals surface area contributed by atoms with Gasteiger partial charge in [-0.2, -0.15) is 0 Å². The molecule has 0 heterocycles. The van der Waals surface area contributed by atoms with Gasteiger partial charge >= 0.3 is 0 Å². The smallest absolute Gasteiger partial charge is 0.263 e. The Morgan fingerprint density at radius 2 is 1.90 bits per heavy atom. The van der Waals surface area contributed by atoms with Crippen LogP contribution in [0.15, 0.2) is 41.4 Å². The van der Waals surface area contributed by atoms with Gasteiger partial charge in [0.05, 0.1) is 4.90 Å². The molecule has 0 saturated heterocycles. The van der Waals surface area contributed by atoms with Crippen LogP contribution in [-0.2, 0) is 10.0 Å². The largest absolute Gasteiger partial charge is 0.396 e. The number of sulfonamides is 1. The Bertz CT molecular complexity index is 531. The summed E-state index contributed by atoms with van der Waals surface area (Å²) in [6.07, 6.45) is 4.87. The van der Waals surface area contributed by atoms with E-state index in [0.29, 0.717) is 6.42 Å². The third-order valence-electron chi connectivity index (χ3n) is 3.32. The maximum Gasteiger partial charge on any atom is 0.263 e. The molecule has 0 aliphatic carbocycles. The first-order valence-electron chi connectivity index (χ1n) is 6.74. The highest BCUT2D eigenvalue weighted by Crippen LogP contribution is 2.16. The minimum atomic E-state index is -3.48. The van der Waals surface area contributed by atoms with E-state index in [9.17, 15) is 8.42 Å². The predicted octanol–water partition coefficient (Wildman–Crippen LogP) is 2.54. The molecule has 20 heavy (non-hydrogen) atoms. The van der Waals surface area contributed by atoms with E-state index in [2.05, 4.69) is 0 Å². The van der Waals surface area contributed by atoms with Gasteiger partial charge < -0.3 is 5.11 Å². The lowest BCUT2D eigenvalue weighted by Gasteiger charge is -2.15. The fourth-order valence-corrected chi connectivity index (χ4v) is 2.79. The summed E-state index contributed by atoms with van der Waals surface area (Å²) in [5.41, 5.74) is 1.02. The van der Waals surface area contributed by atoms with Crippen LogP contribution in [-0.4, -0.2) is 31.5 Å². The Labute approximate surface area is 121 Å². The molecule has 0 bridgehead atoms. The van der Waals surface area contributed by atoms with Crippen LogP contribution in [0.2, 0.25) is 0 Å². The van der Waals surface area contributed by atoms with E-state index in [4.69, 9.17) is 5.11 Å². The maximum atomic E-state index is 12.3. The van der Waals surface area contributed by atoms with Crippen molar-refractivity contribution in [2.24, 2.45) is 5.92 Å². The fourth-order valence-electron chi connectivity index (χ4n) is 1.73. The van der Waals surface area contributed by atoms with E-state index >= 15 is 0 Å². The zero-order valence-electron chi connectivity index (χ0n) is 12.3. The molecule has 0 aliphatic heterocycles. The minimum absolute atomic E-state index is 0.120. The van der Waals surface area contributed by atoms with Crippen molar-refractivity contribution in [3.05, 3.63) is 42.1 Å². The number of allylic oxidation sites excluding steroid dienone is 1. The standard InChI is InChI=1S/C15H23NO3S/c1-4-14(12-17)6-5-11-16(3)20(18,19)15-9-7-13(2)8-10-15/h5,7-11,14,17H,4,6,12H2,1-3H3/b11-5+. The molecule has 0 fully saturated rings. The molecule has 1 unspecified atom stereocenters. The van der Waals surface area contributed by atoms with Crippen LogP contribution in [0.3, 0.4) is 0 Å². The van der Waals surface area contributed by atoms with Crippen LogP contribution >= 0.6 is 0 Å². The van der Waals surface area contributed by atoms with Crippen LogP contribution in [0.4, 0.5) is 0 Å². The lowest BCUT2D eigenvalue weighted by molar-refractivity contribution is 0.224. The second-order valence-corrected chi connectivity index (χ2v) is 6.91. The summed E-state index contributed by atoms with van der Waals surface area (Å²) < 4.78 is 25.8. The molecule has 1 N–H and O–H groups in total. The SMILES string of the molecule is CCC(CO)C/C=C/N(C)S(=O)(=O)c1ccc(C)cc1. The molecule has 0 amide bonds. The summed E-state index contributed by atoms with van der Waals surface area (Å²) in [6, 6.07) is 6.78. The molecule has 112 valence electrons. The van der Waals surface area contributed by atoms with Gasteiger partial charge in [0.15, 0.2) is 0 Å². The van der Waals surface area contributed by atoms with Crippen molar-refractivity contribution >= 4 is 10.0 Å². The molecule has 4 nitrogen and oxygen atoms in total. The molecular weight excluding hydrogens is 274 g/mol. The lowest BCUT2D eigenvalue weighted by Crippen LogP contribution is -2.21. The average molecular weight is 297 g/mol. The molecular formula is C15H23NO3S. The van der Waals surface area contributed by atoms with Crippen molar-refractivity contribution in [2.45, 2.75) is 31.6 Å². The summed E-state index contributed by atoms with van der Waals surface area (Å²) in [6.45, 7) is 4.04. The molecule has 0 aromatic heterocycles. The summed E-state index contributed by atoms with van der Waals surface area (Å²) in [5.74, 6) is 0.182. The van der Waals surface area contributed by atoms with Crippen molar-refractivity contribution in [1.29, 1.82) is 0 Å². The Morgan fingerprint density at radius 3 is 2.40 bits per heavy atom. The molecule has 0 spiro atoms. The first kappa shape index (κ1) is 16.7. The summed E-state index contributed by atoms with van der Waals surface area (Å²) in [5, 5.41) is 9.09. The Kier molecular flexibility index (Phi) is 6.23. The molecule has 5 heteroatoms. The number of benzene rings is 1. The third kappa shape index (κ3) is 4.35. The van der Waals surface area contributed by atoms with Gasteiger partial charge in [0, 0.05) is 19.9 Å². The van der Waals surface area contributed by atoms with Crippen LogP contribution in [0.1, 0.15) is 25.3 Å². The van der Waals surface area contributed by atoms with Gasteiger partial charge in [-0.1, -0.05) is 37.1 Å². The van der Waals surface area contributed by atoms with E-state index < -0.39 is 10.0 Å². The number of aliphatic hydroxyl groups is 1. The first-order valence-corrected chi connectivity index (χ1v) is 8.18. The Morgan fingerprint density at radius 1 is 1.30 bits per heavy atom. The van der Waals surface area contributed by atoms with Crippen LogP contribution in [0, 0.1) is 12.8 Å². The van der Waals surface area contributed by atoms with Gasteiger partial charge in [0.1, 0.15) is 0 Å². The normalized spacial score (nSPS) is 13.6. The number of rotatable bonds is 7. The highest BCUT2D eigenvalue weighted by molar-refractivity contribution is 7.89. The van der Waals surface area contributed by atoms with Gasteiger partial charge in [-0.25, -0.2) is 8.42 Å². The second-order valence-electron chi connectivity index (χ2n) is 4.91. The van der Waals surface area contributed by atoms with E-state index in [-0.39, 0.29) is 17.4 Å². The van der Waals surface area contributed by atoms with E-state index in [1.54, 1.807) is 36.5 Å². The molecule has 1 aromatic carbocycles. The van der Waals surface area contributed by atoms with Crippen molar-refractivity contribution in [2.75, 3.05) is 13.7 Å². The zero-order chi connectivity index (χ0) is 15.2. The fraction of sp³-hybridized carbons (Fsp3) is 0.467. The van der Waals surface area contributed by atoms with Crippen LogP contribution < -0.4 is 0 Å². The Hall–Kier alpha value is -1.33. The van der Waals surface area contributed by atoms with Gasteiger partial charge in [-0.15, -0.1) is 0 Å². The summed E-state index contributed by atoms with van der Waals surface area (Å²) in [7, 11) is -1.96. The molecule has 1 atom stereocenters. The van der Waals surface area contributed by atoms with E-state index in [0.717, 1.165) is 12.0 Å². The molecule has 0 aliphatic rings. The van der Waals surface area contributed by atoms with Crippen LogP contribution in [0.25, 0.3) is 0 Å². The second kappa shape index (κ2) is 7.45. The first-order chi connectivity index (χ1) is 9.41. The third-order valence-corrected chi connectivity index (χ3v) is 5.07. The van der Waals surface area contributed by atoms with Crippen molar-refractivity contribution in [1.82, 2.24) is 4.31 Å². The van der Waals surface area contributed by atoms with Gasteiger partial charge in [-0.3, -0.25) is 4.31 Å². The minimum Gasteiger partial charge on any atom is -0.396 e. The van der Waals surface area contributed by atoms with E-state index in [1.165, 1.54) is 11.4 Å². The monoisotopic (exact) mass is 297 g/mol. The number of aryl methyl sites for hydroxylation is 1. The van der Waals surface area contributed by atoms with Crippen molar-refractivity contribution in [3.8, 4) is 0 Å². The molecule has 0 saturated carbocycles. The van der Waals surface area contributed by atoms with E-state index in [1.807, 2.05) is 13.8 Å². The Balaban J connectivity index is 2.77.